The van der Waals surface area contributed by atoms with Gasteiger partial charge in [-0.1, -0.05) is 0 Å². The number of hydrogen-bond donors (Lipinski definition) is 0. The number of hydrogen-bond acceptors (Lipinski definition) is 0. The first-order valence-corrected chi connectivity index (χ1v) is 7.58. The second-order valence-corrected chi connectivity index (χ2v) is 5.44. The van der Waals surface area contributed by atoms with E-state index < -0.39 is 0 Å². The Labute approximate surface area is 149 Å². The van der Waals surface area contributed by atoms with Crippen LogP contribution in [0, 0.1) is 5.41 Å². The minimum Gasteiger partial charge on any atom is -0.147 e. The molecule has 0 N–H and O–H groups in total. The molecule has 0 aliphatic heterocycles. The molecule has 0 bridgehead atoms. The van der Waals surface area contributed by atoms with Crippen molar-refractivity contribution in [3.8, 4) is 0 Å². The molecule has 1 aliphatic rings. The molecule has 0 unspecified atom stereocenters. The molecule has 0 aromatic carbocycles. The van der Waals surface area contributed by atoms with E-state index in [0.717, 1.165) is 0 Å². The summed E-state index contributed by atoms with van der Waals surface area (Å²) in [6.07, 6.45) is 6.19. The van der Waals surface area contributed by atoms with Crippen LogP contribution in [0.2, 0.25) is 0 Å². The van der Waals surface area contributed by atoms with Gasteiger partial charge in [0.05, 0.1) is 0 Å². The normalized spacial score (nSPS) is 16.6. The maximum atomic E-state index is 2.38. The van der Waals surface area contributed by atoms with E-state index >= 15 is 0 Å². The van der Waals surface area contributed by atoms with E-state index in [1.165, 1.54) is 32.1 Å². The topological polar surface area (TPSA) is 0 Å². The summed E-state index contributed by atoms with van der Waals surface area (Å²) >= 11 is 2.38. The van der Waals surface area contributed by atoms with Crippen LogP contribution < -0.4 is 0 Å². The molecular weight excluding hydrogens is 334 g/mol. The predicted molar refractivity (Wildman–Crippen MR) is 89.7 cm³/mol. The van der Waals surface area contributed by atoms with Gasteiger partial charge in [0.15, 0.2) is 0 Å². The van der Waals surface area contributed by atoms with E-state index in [1.807, 2.05) is 0 Å². The molecule has 0 atom stereocenters. The van der Waals surface area contributed by atoms with Crippen molar-refractivity contribution in [1.29, 1.82) is 0 Å². The number of rotatable bonds is 5. The van der Waals surface area contributed by atoms with Gasteiger partial charge in [-0.15, -0.1) is 37.2 Å². The molecule has 0 aromatic heterocycles. The number of allylic oxidation sites excluding steroid dienone is 4. The van der Waals surface area contributed by atoms with Crippen LogP contribution >= 0.6 is 37.2 Å². The minimum absolute atomic E-state index is 0. The molecule has 4 heteroatoms. The van der Waals surface area contributed by atoms with Crippen LogP contribution in [0.3, 0.4) is 0 Å². The zero-order chi connectivity index (χ0) is 12.3. The van der Waals surface area contributed by atoms with Gasteiger partial charge >= 0.3 is 113 Å². The maximum Gasteiger partial charge on any atom is -0.147 e. The number of halogens is 3. The largest absolute Gasteiger partial charge is 0.147 e. The molecular formula is C15H28Cl3Ti. The van der Waals surface area contributed by atoms with Crippen LogP contribution in [0.15, 0.2) is 20.6 Å². The smallest absolute Gasteiger partial charge is 0.147 e. The van der Waals surface area contributed by atoms with Crippen molar-refractivity contribution < 1.29 is 20.4 Å². The van der Waals surface area contributed by atoms with E-state index in [9.17, 15) is 0 Å². The first-order chi connectivity index (χ1) is 7.62. The predicted octanol–water partition coefficient (Wildman–Crippen LogP) is 6.40. The third-order valence-electron chi connectivity index (χ3n) is 4.35. The quantitative estimate of drug-likeness (QED) is 0.496. The molecule has 0 amide bonds. The Balaban J connectivity index is -0.000000853. The Morgan fingerprint density at radius 2 is 1.16 bits per heavy atom. The molecule has 0 saturated carbocycles. The zero-order valence-corrected chi connectivity index (χ0v) is 16.8. The van der Waals surface area contributed by atoms with Crippen LogP contribution in [0.5, 0.6) is 0 Å². The van der Waals surface area contributed by atoms with Gasteiger partial charge in [-0.25, -0.2) is 0 Å². The van der Waals surface area contributed by atoms with E-state index in [-0.39, 0.29) is 37.2 Å². The van der Waals surface area contributed by atoms with Gasteiger partial charge in [-0.3, -0.25) is 0 Å². The summed E-state index contributed by atoms with van der Waals surface area (Å²) in [5.74, 6) is 0. The van der Waals surface area contributed by atoms with Crippen LogP contribution in [0.1, 0.15) is 66.7 Å². The monoisotopic (exact) mass is 361 g/mol. The standard InChI is InChI=1S/C15H25.3ClH.Ti/c1-6-12-11-15(9-4,10-5)14(8-3)13(12)7-2;;;;/h6-10H2,1-5H3;3*1H;. The molecule has 0 aromatic rings. The Morgan fingerprint density at radius 1 is 0.737 bits per heavy atom. The fourth-order valence-electron chi connectivity index (χ4n) is 3.46. The average molecular weight is 363 g/mol. The molecule has 1 rings (SSSR count). The van der Waals surface area contributed by atoms with Gasteiger partial charge in [0, 0.05) is 0 Å². The van der Waals surface area contributed by atoms with E-state index in [0.29, 0.717) is 5.41 Å². The third-order valence-corrected chi connectivity index (χ3v) is 5.57. The van der Waals surface area contributed by atoms with E-state index in [4.69, 9.17) is 0 Å². The summed E-state index contributed by atoms with van der Waals surface area (Å²) in [5.41, 5.74) is 5.51. The molecule has 1 aliphatic carbocycles. The van der Waals surface area contributed by atoms with Crippen molar-refractivity contribution in [2.45, 2.75) is 66.7 Å². The fourth-order valence-corrected chi connectivity index (χ4v) is 4.76. The molecule has 0 radical (unpaired) electrons. The van der Waals surface area contributed by atoms with Gasteiger partial charge in [-0.2, -0.15) is 0 Å². The summed E-state index contributed by atoms with van der Waals surface area (Å²) in [4.78, 5) is 0. The summed E-state index contributed by atoms with van der Waals surface area (Å²) < 4.78 is 1.67. The van der Waals surface area contributed by atoms with Crippen LogP contribution in [-0.2, 0) is 20.4 Å². The fraction of sp³-hybridized carbons (Fsp3) is 0.733. The molecule has 113 valence electrons. The van der Waals surface area contributed by atoms with Crippen molar-refractivity contribution in [3.63, 3.8) is 0 Å². The first-order valence-electron chi connectivity index (χ1n) is 6.80. The molecule has 0 fully saturated rings. The first kappa shape index (κ1) is 25.0. The maximum absolute atomic E-state index is 2.38. The van der Waals surface area contributed by atoms with Crippen molar-refractivity contribution in [3.05, 3.63) is 20.6 Å². The Hall–Kier alpha value is 1.06. The van der Waals surface area contributed by atoms with Gasteiger partial charge in [-0.05, 0) is 0 Å². The molecule has 19 heavy (non-hydrogen) atoms. The van der Waals surface area contributed by atoms with Crippen molar-refractivity contribution >= 4 is 37.2 Å². The van der Waals surface area contributed by atoms with Gasteiger partial charge < -0.3 is 0 Å². The second-order valence-electron chi connectivity index (χ2n) is 4.66. The van der Waals surface area contributed by atoms with Gasteiger partial charge in [0.25, 0.3) is 0 Å². The Bertz CT molecular complexity index is 328. The summed E-state index contributed by atoms with van der Waals surface area (Å²) in [6, 6.07) is 0. The molecule has 0 saturated heterocycles. The Morgan fingerprint density at radius 3 is 1.42 bits per heavy atom. The summed E-state index contributed by atoms with van der Waals surface area (Å²) in [6.45, 7) is 11.7. The Kier molecular flexibility index (Phi) is 14.2. The van der Waals surface area contributed by atoms with Crippen LogP contribution in [0.25, 0.3) is 0 Å². The van der Waals surface area contributed by atoms with Gasteiger partial charge in [0.2, 0.25) is 0 Å². The summed E-state index contributed by atoms with van der Waals surface area (Å²) in [7, 11) is 0. The molecule has 0 nitrogen and oxygen atoms in total. The van der Waals surface area contributed by atoms with Crippen LogP contribution in [-0.4, -0.2) is 0 Å². The second kappa shape index (κ2) is 10.7. The molecule has 0 heterocycles. The average Bonchev–Trinajstić information content (AvgIpc) is 2.56. The van der Waals surface area contributed by atoms with Crippen molar-refractivity contribution in [2.24, 2.45) is 5.41 Å². The third kappa shape index (κ3) is 4.04. The summed E-state index contributed by atoms with van der Waals surface area (Å²) in [5, 5.41) is 0. The SMILES string of the molecule is CCC1=[C]([Ti])C(CC)(CC)C(CC)=C1CC.Cl.Cl.Cl. The molecule has 0 spiro atoms. The van der Waals surface area contributed by atoms with Gasteiger partial charge in [0.1, 0.15) is 0 Å². The van der Waals surface area contributed by atoms with Crippen molar-refractivity contribution in [1.82, 2.24) is 0 Å². The van der Waals surface area contributed by atoms with Crippen molar-refractivity contribution in [2.75, 3.05) is 0 Å². The zero-order valence-electron chi connectivity index (χ0n) is 12.8. The van der Waals surface area contributed by atoms with E-state index in [1.54, 1.807) is 20.6 Å². The van der Waals surface area contributed by atoms with Crippen LogP contribution in [0.4, 0.5) is 0 Å². The van der Waals surface area contributed by atoms with E-state index in [2.05, 4.69) is 55.1 Å². The minimum atomic E-state index is 0.